The van der Waals surface area contributed by atoms with Crippen molar-refractivity contribution in [3.63, 3.8) is 0 Å². The Bertz CT molecular complexity index is 676. The second-order valence-corrected chi connectivity index (χ2v) is 8.94. The van der Waals surface area contributed by atoms with Crippen LogP contribution in [0.3, 0.4) is 0 Å². The van der Waals surface area contributed by atoms with Gasteiger partial charge in [0.05, 0.1) is 0 Å². The van der Waals surface area contributed by atoms with Crippen molar-refractivity contribution < 1.29 is 19.1 Å². The minimum absolute atomic E-state index is 0.0955. The molecule has 0 amide bonds. The lowest BCUT2D eigenvalue weighted by Crippen LogP contribution is -2.47. The van der Waals surface area contributed by atoms with Gasteiger partial charge in [-0.15, -0.1) is 0 Å². The van der Waals surface area contributed by atoms with Crippen LogP contribution in [0.25, 0.3) is 0 Å². The van der Waals surface area contributed by atoms with Gasteiger partial charge in [0, 0.05) is 25.7 Å². The van der Waals surface area contributed by atoms with E-state index in [9.17, 15) is 9.59 Å². The van der Waals surface area contributed by atoms with Crippen molar-refractivity contribution in [2.45, 2.75) is 71.8 Å². The summed E-state index contributed by atoms with van der Waals surface area (Å²) >= 11 is 0. The highest BCUT2D eigenvalue weighted by atomic mass is 16.5. The van der Waals surface area contributed by atoms with Crippen LogP contribution in [-0.4, -0.2) is 18.0 Å². The van der Waals surface area contributed by atoms with E-state index in [-0.39, 0.29) is 23.5 Å². The molecule has 0 spiro atoms. The van der Waals surface area contributed by atoms with Crippen molar-refractivity contribution in [3.05, 3.63) is 23.5 Å². The molecule has 4 heteroatoms. The molecule has 0 aliphatic heterocycles. The predicted molar refractivity (Wildman–Crippen MR) is 97.9 cm³/mol. The number of fused-ring (bicyclic) bond motifs is 5. The molecule has 0 aromatic carbocycles. The molecule has 4 unspecified atom stereocenters. The molecule has 0 N–H and O–H groups in total. The summed E-state index contributed by atoms with van der Waals surface area (Å²) < 4.78 is 11.1. The number of hydrogen-bond donors (Lipinski definition) is 0. The highest BCUT2D eigenvalue weighted by Crippen LogP contribution is 2.61. The van der Waals surface area contributed by atoms with Gasteiger partial charge in [0.25, 0.3) is 0 Å². The third kappa shape index (κ3) is 2.91. The Hall–Kier alpha value is -1.58. The molecular weight excluding hydrogens is 328 g/mol. The van der Waals surface area contributed by atoms with E-state index in [1.165, 1.54) is 32.3 Å². The number of rotatable bonds is 2. The lowest BCUT2D eigenvalue weighted by Gasteiger charge is -2.52. The maximum absolute atomic E-state index is 11.5. The Morgan fingerprint density at radius 2 is 1.88 bits per heavy atom. The molecule has 0 aromatic heterocycles. The van der Waals surface area contributed by atoms with E-state index >= 15 is 0 Å². The van der Waals surface area contributed by atoms with E-state index in [0.29, 0.717) is 17.8 Å². The van der Waals surface area contributed by atoms with E-state index < -0.39 is 0 Å². The van der Waals surface area contributed by atoms with Crippen molar-refractivity contribution in [2.75, 3.05) is 0 Å². The highest BCUT2D eigenvalue weighted by Gasteiger charge is 2.56. The van der Waals surface area contributed by atoms with Crippen LogP contribution in [0.15, 0.2) is 23.5 Å². The quantitative estimate of drug-likeness (QED) is 0.680. The molecule has 0 heterocycles. The average molecular weight is 358 g/mol. The lowest BCUT2D eigenvalue weighted by molar-refractivity contribution is -0.155. The van der Waals surface area contributed by atoms with Gasteiger partial charge in [0.1, 0.15) is 11.9 Å². The smallest absolute Gasteiger partial charge is 0.307 e. The zero-order valence-corrected chi connectivity index (χ0v) is 16.1. The van der Waals surface area contributed by atoms with Crippen molar-refractivity contribution in [3.8, 4) is 0 Å². The van der Waals surface area contributed by atoms with E-state index in [2.05, 4.69) is 19.1 Å². The minimum atomic E-state index is -0.222. The Morgan fingerprint density at radius 3 is 2.62 bits per heavy atom. The van der Waals surface area contributed by atoms with Crippen molar-refractivity contribution >= 4 is 11.9 Å². The zero-order valence-electron chi connectivity index (χ0n) is 16.1. The van der Waals surface area contributed by atoms with Gasteiger partial charge < -0.3 is 9.47 Å². The van der Waals surface area contributed by atoms with Crippen LogP contribution in [0, 0.1) is 29.1 Å². The molecule has 0 radical (unpaired) electrons. The largest absolute Gasteiger partial charge is 0.462 e. The summed E-state index contributed by atoms with van der Waals surface area (Å²) in [6.07, 6.45) is 12.2. The SMILES string of the molecule is CC(=O)OC1=CC2=CCC3C(CC[C@@]4(C)C3CC[C@@H]4OC(C)=O)C2CC1. The molecule has 4 aliphatic carbocycles. The molecule has 26 heavy (non-hydrogen) atoms. The first-order valence-electron chi connectivity index (χ1n) is 10.1. The molecule has 0 saturated heterocycles. The van der Waals surface area contributed by atoms with E-state index in [4.69, 9.17) is 9.47 Å². The second-order valence-electron chi connectivity index (χ2n) is 8.94. The highest BCUT2D eigenvalue weighted by molar-refractivity contribution is 5.67. The average Bonchev–Trinajstić information content (AvgIpc) is 2.90. The van der Waals surface area contributed by atoms with Crippen LogP contribution >= 0.6 is 0 Å². The number of ether oxygens (including phenoxy) is 2. The van der Waals surface area contributed by atoms with Gasteiger partial charge >= 0.3 is 11.9 Å². The molecule has 142 valence electrons. The predicted octanol–water partition coefficient (Wildman–Crippen LogP) is 4.55. The van der Waals surface area contributed by atoms with E-state index in [1.807, 2.05) is 0 Å². The molecule has 4 nitrogen and oxygen atoms in total. The van der Waals surface area contributed by atoms with Crippen molar-refractivity contribution in [1.29, 1.82) is 0 Å². The van der Waals surface area contributed by atoms with Crippen LogP contribution in [0.2, 0.25) is 0 Å². The number of hydrogen-bond acceptors (Lipinski definition) is 4. The third-order valence-electron chi connectivity index (χ3n) is 7.59. The van der Waals surface area contributed by atoms with Crippen molar-refractivity contribution in [1.82, 2.24) is 0 Å². The molecule has 2 saturated carbocycles. The molecular formula is C22H30O4. The molecule has 6 atom stereocenters. The van der Waals surface area contributed by atoms with Gasteiger partial charge in [0.2, 0.25) is 0 Å². The van der Waals surface area contributed by atoms with Gasteiger partial charge in [-0.3, -0.25) is 9.59 Å². The molecule has 0 bridgehead atoms. The molecule has 2 fully saturated rings. The van der Waals surface area contributed by atoms with Gasteiger partial charge in [-0.25, -0.2) is 0 Å². The summed E-state index contributed by atoms with van der Waals surface area (Å²) in [5, 5.41) is 0. The zero-order chi connectivity index (χ0) is 18.5. The Kier molecular flexibility index (Phi) is 4.48. The van der Waals surface area contributed by atoms with Crippen LogP contribution < -0.4 is 0 Å². The fourth-order valence-corrected chi connectivity index (χ4v) is 6.54. The van der Waals surface area contributed by atoms with Crippen molar-refractivity contribution in [2.24, 2.45) is 29.1 Å². The maximum Gasteiger partial charge on any atom is 0.307 e. The van der Waals surface area contributed by atoms with Gasteiger partial charge in [-0.2, -0.15) is 0 Å². The second kappa shape index (κ2) is 6.54. The summed E-state index contributed by atoms with van der Waals surface area (Å²) in [6, 6.07) is 0. The van der Waals surface area contributed by atoms with Gasteiger partial charge in [0.15, 0.2) is 0 Å². The first kappa shape index (κ1) is 17.8. The fourth-order valence-electron chi connectivity index (χ4n) is 6.54. The van der Waals surface area contributed by atoms with Gasteiger partial charge in [-0.1, -0.05) is 13.0 Å². The van der Waals surface area contributed by atoms with Gasteiger partial charge in [-0.05, 0) is 73.8 Å². The summed E-state index contributed by atoms with van der Waals surface area (Å²) in [5.41, 5.74) is 1.53. The maximum atomic E-state index is 11.5. The normalized spacial score (nSPS) is 41.1. The molecule has 4 rings (SSSR count). The first-order chi connectivity index (χ1) is 12.4. The number of carbonyl (C=O) groups excluding carboxylic acids is 2. The Morgan fingerprint density at radius 1 is 1.08 bits per heavy atom. The van der Waals surface area contributed by atoms with Crippen LogP contribution in [0.5, 0.6) is 0 Å². The number of allylic oxidation sites excluding steroid dienone is 4. The third-order valence-corrected chi connectivity index (χ3v) is 7.59. The fraction of sp³-hybridized carbons (Fsp3) is 0.727. The molecule has 4 aliphatic rings. The lowest BCUT2D eigenvalue weighted by atomic mass is 9.53. The molecule has 0 aromatic rings. The first-order valence-corrected chi connectivity index (χ1v) is 10.1. The summed E-state index contributed by atoms with van der Waals surface area (Å²) in [5.74, 6) is 3.15. The number of esters is 2. The van der Waals surface area contributed by atoms with E-state index in [1.54, 1.807) is 0 Å². The Labute approximate surface area is 156 Å². The van der Waals surface area contributed by atoms with Crippen LogP contribution in [0.4, 0.5) is 0 Å². The van der Waals surface area contributed by atoms with E-state index in [0.717, 1.165) is 43.8 Å². The summed E-state index contributed by atoms with van der Waals surface area (Å²) in [6.45, 7) is 5.36. The topological polar surface area (TPSA) is 52.6 Å². The van der Waals surface area contributed by atoms with Crippen LogP contribution in [0.1, 0.15) is 65.7 Å². The monoisotopic (exact) mass is 358 g/mol. The number of carbonyl (C=O) groups is 2. The standard InChI is InChI=1S/C22H30O4/c1-13(23)25-16-5-7-17-15(12-16)4-6-19-18(17)10-11-22(3)20(19)8-9-21(22)26-14(2)24/h4,12,17-21H,5-11H2,1-3H3/t17?,18?,19?,20?,21-,22-/m0/s1. The summed E-state index contributed by atoms with van der Waals surface area (Å²) in [4.78, 5) is 22.8. The Balaban J connectivity index is 1.55. The van der Waals surface area contributed by atoms with Crippen LogP contribution in [-0.2, 0) is 19.1 Å². The minimum Gasteiger partial charge on any atom is -0.462 e. The summed E-state index contributed by atoms with van der Waals surface area (Å²) in [7, 11) is 0.